The first kappa shape index (κ1) is 20.5. The molecular formula is C24H28N6O2. The standard InChI is InChI=1S/C24H28N6O2/c1-3-4-13-32-18-9-5-16(6-10-18)24(2)14-19(20-11-12-30(29-20)17-7-8-17)21(23(31)27-24)22-25-15-26-28-22/h5-6,9-12,15,17H,3-4,7-8,13-14H2,1-2H3,(H,27,31)(H,25,26,28)/t24-/m0/s1. The Kier molecular flexibility index (Phi) is 5.28. The molecule has 0 saturated heterocycles. The molecule has 2 aliphatic rings. The van der Waals surface area contributed by atoms with Crippen molar-refractivity contribution in [2.45, 2.75) is 57.5 Å². The minimum Gasteiger partial charge on any atom is -0.494 e. The maximum absolute atomic E-state index is 13.3. The van der Waals surface area contributed by atoms with Gasteiger partial charge in [-0.25, -0.2) is 4.98 Å². The van der Waals surface area contributed by atoms with E-state index in [1.807, 2.05) is 48.1 Å². The van der Waals surface area contributed by atoms with E-state index in [1.54, 1.807) is 0 Å². The van der Waals surface area contributed by atoms with Crippen molar-refractivity contribution >= 4 is 17.1 Å². The summed E-state index contributed by atoms with van der Waals surface area (Å²) in [5.74, 6) is 1.11. The van der Waals surface area contributed by atoms with Crippen LogP contribution in [0.3, 0.4) is 0 Å². The first-order valence-electron chi connectivity index (χ1n) is 11.3. The van der Waals surface area contributed by atoms with Crippen LogP contribution in [-0.4, -0.2) is 37.5 Å². The summed E-state index contributed by atoms with van der Waals surface area (Å²) in [5.41, 5.74) is 2.62. The van der Waals surface area contributed by atoms with Crippen molar-refractivity contribution in [1.82, 2.24) is 30.3 Å². The van der Waals surface area contributed by atoms with Crippen molar-refractivity contribution in [2.75, 3.05) is 6.61 Å². The summed E-state index contributed by atoms with van der Waals surface area (Å²) in [6.45, 7) is 4.90. The van der Waals surface area contributed by atoms with Crippen molar-refractivity contribution in [3.63, 3.8) is 0 Å². The second-order valence-corrected chi connectivity index (χ2v) is 8.79. The molecule has 0 spiro atoms. The molecule has 1 aliphatic carbocycles. The summed E-state index contributed by atoms with van der Waals surface area (Å²) in [5, 5.41) is 14.8. The van der Waals surface area contributed by atoms with E-state index in [9.17, 15) is 4.79 Å². The van der Waals surface area contributed by atoms with Crippen LogP contribution in [0.4, 0.5) is 0 Å². The maximum atomic E-state index is 13.3. The number of nitrogens with one attached hydrogen (secondary N) is 2. The molecule has 2 aromatic heterocycles. The normalized spacial score (nSPS) is 21.0. The van der Waals surface area contributed by atoms with Crippen LogP contribution < -0.4 is 10.1 Å². The van der Waals surface area contributed by atoms with Gasteiger partial charge in [0.1, 0.15) is 12.1 Å². The van der Waals surface area contributed by atoms with Gasteiger partial charge in [0, 0.05) is 12.6 Å². The number of rotatable bonds is 8. The van der Waals surface area contributed by atoms with Gasteiger partial charge in [-0.05, 0) is 55.5 Å². The Morgan fingerprint density at radius 1 is 1.22 bits per heavy atom. The molecule has 2 N–H and O–H groups in total. The van der Waals surface area contributed by atoms with Crippen molar-refractivity contribution in [2.24, 2.45) is 0 Å². The number of ether oxygens (including phenoxy) is 1. The zero-order valence-electron chi connectivity index (χ0n) is 18.5. The number of aromatic amines is 1. The first-order valence-corrected chi connectivity index (χ1v) is 11.3. The number of carbonyl (C=O) groups excluding carboxylic acids is 1. The van der Waals surface area contributed by atoms with Crippen LogP contribution in [0.5, 0.6) is 5.75 Å². The van der Waals surface area contributed by atoms with Gasteiger partial charge in [-0.1, -0.05) is 25.5 Å². The smallest absolute Gasteiger partial charge is 0.256 e. The number of nitrogens with zero attached hydrogens (tertiary/aromatic N) is 4. The monoisotopic (exact) mass is 432 g/mol. The molecule has 1 saturated carbocycles. The van der Waals surface area contributed by atoms with Gasteiger partial charge in [0.2, 0.25) is 0 Å². The predicted octanol–water partition coefficient (Wildman–Crippen LogP) is 3.86. The number of unbranched alkanes of at least 4 members (excludes halogenated alkanes) is 1. The summed E-state index contributed by atoms with van der Waals surface area (Å²) < 4.78 is 7.81. The maximum Gasteiger partial charge on any atom is 0.256 e. The number of benzene rings is 1. The summed E-state index contributed by atoms with van der Waals surface area (Å²) in [6, 6.07) is 10.5. The third-order valence-corrected chi connectivity index (χ3v) is 6.20. The molecule has 0 radical (unpaired) electrons. The fourth-order valence-electron chi connectivity index (χ4n) is 4.20. The van der Waals surface area contributed by atoms with E-state index in [0.29, 0.717) is 30.5 Å². The number of H-pyrrole nitrogens is 1. The van der Waals surface area contributed by atoms with Gasteiger partial charge in [0.25, 0.3) is 5.91 Å². The zero-order valence-corrected chi connectivity index (χ0v) is 18.5. The second-order valence-electron chi connectivity index (χ2n) is 8.79. The van der Waals surface area contributed by atoms with E-state index in [4.69, 9.17) is 9.84 Å². The van der Waals surface area contributed by atoms with Gasteiger partial charge in [-0.2, -0.15) is 10.2 Å². The summed E-state index contributed by atoms with van der Waals surface area (Å²) in [6.07, 6.45) is 8.45. The molecule has 5 rings (SSSR count). The highest BCUT2D eigenvalue weighted by Gasteiger charge is 2.39. The highest BCUT2D eigenvalue weighted by atomic mass is 16.5. The fourth-order valence-corrected chi connectivity index (χ4v) is 4.20. The predicted molar refractivity (Wildman–Crippen MR) is 121 cm³/mol. The van der Waals surface area contributed by atoms with Crippen LogP contribution in [0.1, 0.15) is 69.1 Å². The van der Waals surface area contributed by atoms with E-state index in [-0.39, 0.29) is 5.91 Å². The Bertz CT molecular complexity index is 1130. The molecule has 1 atom stereocenters. The van der Waals surface area contributed by atoms with Gasteiger partial charge < -0.3 is 10.1 Å². The highest BCUT2D eigenvalue weighted by molar-refractivity contribution is 6.27. The third kappa shape index (κ3) is 3.92. The van der Waals surface area contributed by atoms with Gasteiger partial charge in [0.15, 0.2) is 5.82 Å². The zero-order chi connectivity index (χ0) is 22.1. The van der Waals surface area contributed by atoms with Crippen molar-refractivity contribution in [1.29, 1.82) is 0 Å². The molecule has 0 unspecified atom stereocenters. The Labute approximate surface area is 187 Å². The van der Waals surface area contributed by atoms with E-state index in [2.05, 4.69) is 27.4 Å². The first-order chi connectivity index (χ1) is 15.6. The van der Waals surface area contributed by atoms with Crippen molar-refractivity contribution in [3.05, 3.63) is 59.9 Å². The molecule has 1 aromatic carbocycles. The SMILES string of the molecule is CCCCOc1ccc([C@]2(C)CC(c3ccn(C4CC4)n3)=C(c3ncn[nH]3)C(=O)N2)cc1. The minimum atomic E-state index is -0.582. The lowest BCUT2D eigenvalue weighted by molar-refractivity contribution is -0.117. The molecule has 1 aliphatic heterocycles. The van der Waals surface area contributed by atoms with E-state index >= 15 is 0 Å². The molecule has 1 fully saturated rings. The topological polar surface area (TPSA) is 97.7 Å². The number of aromatic nitrogens is 5. The average molecular weight is 433 g/mol. The quantitative estimate of drug-likeness (QED) is 0.527. The van der Waals surface area contributed by atoms with E-state index in [0.717, 1.165) is 48.3 Å². The molecule has 32 heavy (non-hydrogen) atoms. The van der Waals surface area contributed by atoms with Crippen LogP contribution in [0.25, 0.3) is 11.1 Å². The summed E-state index contributed by atoms with van der Waals surface area (Å²) in [4.78, 5) is 17.6. The molecule has 8 heteroatoms. The molecular weight excluding hydrogens is 404 g/mol. The molecule has 166 valence electrons. The third-order valence-electron chi connectivity index (χ3n) is 6.20. The van der Waals surface area contributed by atoms with E-state index in [1.165, 1.54) is 6.33 Å². The number of carbonyl (C=O) groups is 1. The van der Waals surface area contributed by atoms with Crippen LogP contribution in [0.2, 0.25) is 0 Å². The molecule has 1 amide bonds. The Morgan fingerprint density at radius 3 is 2.72 bits per heavy atom. The van der Waals surface area contributed by atoms with E-state index < -0.39 is 5.54 Å². The number of amides is 1. The number of hydrogen-bond donors (Lipinski definition) is 2. The van der Waals surface area contributed by atoms with Crippen LogP contribution in [0.15, 0.2) is 42.9 Å². The van der Waals surface area contributed by atoms with Crippen molar-refractivity contribution < 1.29 is 9.53 Å². The lowest BCUT2D eigenvalue weighted by Gasteiger charge is -2.37. The Morgan fingerprint density at radius 2 is 2.03 bits per heavy atom. The lowest BCUT2D eigenvalue weighted by atomic mass is 9.79. The fraction of sp³-hybridized carbons (Fsp3) is 0.417. The van der Waals surface area contributed by atoms with Gasteiger partial charge in [0.05, 0.1) is 29.5 Å². The van der Waals surface area contributed by atoms with Gasteiger partial charge in [-0.15, -0.1) is 0 Å². The molecule has 3 aromatic rings. The average Bonchev–Trinajstić information content (AvgIpc) is 3.28. The highest BCUT2D eigenvalue weighted by Crippen LogP contribution is 2.41. The summed E-state index contributed by atoms with van der Waals surface area (Å²) >= 11 is 0. The summed E-state index contributed by atoms with van der Waals surface area (Å²) in [7, 11) is 0. The Hall–Kier alpha value is -3.42. The molecule has 8 nitrogen and oxygen atoms in total. The largest absolute Gasteiger partial charge is 0.494 e. The lowest BCUT2D eigenvalue weighted by Crippen LogP contribution is -2.47. The van der Waals surface area contributed by atoms with Crippen LogP contribution >= 0.6 is 0 Å². The number of hydrogen-bond acceptors (Lipinski definition) is 5. The van der Waals surface area contributed by atoms with Gasteiger partial charge >= 0.3 is 0 Å². The molecule has 3 heterocycles. The van der Waals surface area contributed by atoms with Crippen LogP contribution in [0, 0.1) is 0 Å². The van der Waals surface area contributed by atoms with Crippen molar-refractivity contribution in [3.8, 4) is 5.75 Å². The minimum absolute atomic E-state index is 0.185. The molecule has 0 bridgehead atoms. The Balaban J connectivity index is 1.49. The van der Waals surface area contributed by atoms with Gasteiger partial charge in [-0.3, -0.25) is 14.6 Å². The van der Waals surface area contributed by atoms with Crippen LogP contribution in [-0.2, 0) is 10.3 Å². The second kappa shape index (κ2) is 8.26.